The Morgan fingerprint density at radius 3 is 2.27 bits per heavy atom. The van der Waals surface area contributed by atoms with E-state index in [0.717, 1.165) is 18.4 Å². The fourth-order valence-corrected chi connectivity index (χ4v) is 2.64. The van der Waals surface area contributed by atoms with Crippen LogP contribution in [-0.2, 0) is 6.61 Å². The Hall–Kier alpha value is -2.49. The molecule has 0 radical (unpaired) electrons. The zero-order valence-electron chi connectivity index (χ0n) is 15.9. The molecule has 0 unspecified atom stereocenters. The van der Waals surface area contributed by atoms with Crippen LogP contribution < -0.4 is 14.2 Å². The van der Waals surface area contributed by atoms with E-state index < -0.39 is 0 Å². The first-order valence-electron chi connectivity index (χ1n) is 9.18. The van der Waals surface area contributed by atoms with Crippen molar-refractivity contribution >= 4 is 5.78 Å². The lowest BCUT2D eigenvalue weighted by Crippen LogP contribution is -2.05. The Kier molecular flexibility index (Phi) is 8.00. The number of hydrogen-bond acceptors (Lipinski definition) is 4. The molecule has 0 aliphatic rings. The average Bonchev–Trinajstić information content (AvgIpc) is 2.66. The van der Waals surface area contributed by atoms with Crippen molar-refractivity contribution < 1.29 is 19.0 Å². The first kappa shape index (κ1) is 19.8. The highest BCUT2D eigenvalue weighted by Crippen LogP contribution is 2.39. The zero-order chi connectivity index (χ0) is 18.8. The largest absolute Gasteiger partial charge is 0.490 e. The molecule has 0 heterocycles. The third-order valence-electron chi connectivity index (χ3n) is 4.12. The number of carbonyl (C=O) groups excluding carboxylic acids is 1. The molecule has 0 aliphatic heterocycles. The van der Waals surface area contributed by atoms with Gasteiger partial charge in [0.1, 0.15) is 6.61 Å². The first-order chi connectivity index (χ1) is 12.7. The summed E-state index contributed by atoms with van der Waals surface area (Å²) in [7, 11) is 1.59. The van der Waals surface area contributed by atoms with Crippen LogP contribution in [0.2, 0.25) is 0 Å². The number of Topliss-reactive ketones (excluding diaryl/α,β-unsaturated/α-hetero) is 1. The predicted molar refractivity (Wildman–Crippen MR) is 103 cm³/mol. The van der Waals surface area contributed by atoms with Gasteiger partial charge in [-0.25, -0.2) is 0 Å². The summed E-state index contributed by atoms with van der Waals surface area (Å²) >= 11 is 0. The number of ether oxygens (including phenoxy) is 3. The Labute approximate surface area is 156 Å². The van der Waals surface area contributed by atoms with Crippen LogP contribution >= 0.6 is 0 Å². The molecule has 0 saturated heterocycles. The molecule has 0 saturated carbocycles. The predicted octanol–water partition coefficient (Wildman–Crippen LogP) is 5.44. The molecule has 0 aliphatic carbocycles. The maximum absolute atomic E-state index is 11.9. The van der Waals surface area contributed by atoms with Crippen molar-refractivity contribution in [3.05, 3.63) is 53.6 Å². The van der Waals surface area contributed by atoms with Crippen LogP contribution in [0, 0.1) is 0 Å². The molecular weight excluding hydrogens is 328 g/mol. The van der Waals surface area contributed by atoms with Gasteiger partial charge in [0, 0.05) is 5.56 Å². The smallest absolute Gasteiger partial charge is 0.203 e. The molecule has 0 spiro atoms. The molecule has 0 fully saturated rings. The van der Waals surface area contributed by atoms with E-state index in [2.05, 4.69) is 6.92 Å². The Morgan fingerprint density at radius 1 is 0.962 bits per heavy atom. The van der Waals surface area contributed by atoms with E-state index in [-0.39, 0.29) is 5.78 Å². The number of carbonyl (C=O) groups is 1. The first-order valence-corrected chi connectivity index (χ1v) is 9.18. The summed E-state index contributed by atoms with van der Waals surface area (Å²) in [4.78, 5) is 11.9. The van der Waals surface area contributed by atoms with Gasteiger partial charge in [0.05, 0.1) is 13.7 Å². The van der Waals surface area contributed by atoms with Gasteiger partial charge in [-0.15, -0.1) is 0 Å². The summed E-state index contributed by atoms with van der Waals surface area (Å²) in [5, 5.41) is 0. The number of ketones is 1. The van der Waals surface area contributed by atoms with E-state index >= 15 is 0 Å². The summed E-state index contributed by atoms with van der Waals surface area (Å²) in [6, 6.07) is 13.3. The Morgan fingerprint density at radius 2 is 1.65 bits per heavy atom. The molecule has 0 amide bonds. The summed E-state index contributed by atoms with van der Waals surface area (Å²) in [5.74, 6) is 1.57. The van der Waals surface area contributed by atoms with Gasteiger partial charge in [0.2, 0.25) is 5.75 Å². The highest BCUT2D eigenvalue weighted by Gasteiger charge is 2.16. The zero-order valence-corrected chi connectivity index (χ0v) is 15.9. The second-order valence-electron chi connectivity index (χ2n) is 6.25. The van der Waals surface area contributed by atoms with Crippen molar-refractivity contribution in [2.24, 2.45) is 0 Å². The number of unbranched alkanes of at least 4 members (excludes halogenated alkanes) is 3. The van der Waals surface area contributed by atoms with Crippen LogP contribution in [0.3, 0.4) is 0 Å². The van der Waals surface area contributed by atoms with Gasteiger partial charge in [0.15, 0.2) is 17.3 Å². The number of rotatable bonds is 11. The quantitative estimate of drug-likeness (QED) is 0.397. The van der Waals surface area contributed by atoms with E-state index in [1.54, 1.807) is 19.2 Å². The van der Waals surface area contributed by atoms with Crippen molar-refractivity contribution in [1.82, 2.24) is 0 Å². The maximum Gasteiger partial charge on any atom is 0.203 e. The topological polar surface area (TPSA) is 44.8 Å². The third kappa shape index (κ3) is 5.80. The lowest BCUT2D eigenvalue weighted by molar-refractivity contribution is 0.101. The van der Waals surface area contributed by atoms with Crippen LogP contribution in [-0.4, -0.2) is 19.5 Å². The van der Waals surface area contributed by atoms with Crippen molar-refractivity contribution in [2.45, 2.75) is 46.1 Å². The molecule has 2 aromatic rings. The summed E-state index contributed by atoms with van der Waals surface area (Å²) in [6.45, 7) is 4.70. The van der Waals surface area contributed by atoms with Crippen LogP contribution in [0.1, 0.15) is 55.5 Å². The van der Waals surface area contributed by atoms with Crippen molar-refractivity contribution in [2.75, 3.05) is 13.7 Å². The van der Waals surface area contributed by atoms with Crippen molar-refractivity contribution in [3.8, 4) is 17.2 Å². The molecule has 0 bridgehead atoms. The minimum atomic E-state index is -0.0342. The highest BCUT2D eigenvalue weighted by atomic mass is 16.5. The van der Waals surface area contributed by atoms with Gasteiger partial charge in [0.25, 0.3) is 0 Å². The van der Waals surface area contributed by atoms with Crippen LogP contribution in [0.5, 0.6) is 17.2 Å². The Bertz CT molecular complexity index is 695. The molecule has 140 valence electrons. The molecule has 2 aromatic carbocycles. The summed E-state index contributed by atoms with van der Waals surface area (Å²) in [6.07, 6.45) is 4.48. The molecular formula is C22H28O4. The van der Waals surface area contributed by atoms with Gasteiger partial charge in [-0.2, -0.15) is 0 Å². The van der Waals surface area contributed by atoms with Gasteiger partial charge in [-0.3, -0.25) is 4.79 Å². The SMILES string of the molecule is CCCCCCOc1cc(C(C)=O)cc(OCc2ccccc2)c1OC. The summed E-state index contributed by atoms with van der Waals surface area (Å²) in [5.41, 5.74) is 1.60. The number of benzene rings is 2. The van der Waals surface area contributed by atoms with Crippen molar-refractivity contribution in [1.29, 1.82) is 0 Å². The van der Waals surface area contributed by atoms with Gasteiger partial charge in [-0.05, 0) is 31.0 Å². The van der Waals surface area contributed by atoms with Gasteiger partial charge in [-0.1, -0.05) is 56.5 Å². The van der Waals surface area contributed by atoms with E-state index in [1.807, 2.05) is 30.3 Å². The van der Waals surface area contributed by atoms with E-state index in [4.69, 9.17) is 14.2 Å². The summed E-state index contributed by atoms with van der Waals surface area (Å²) < 4.78 is 17.4. The van der Waals surface area contributed by atoms with Gasteiger partial charge >= 0.3 is 0 Å². The lowest BCUT2D eigenvalue weighted by atomic mass is 10.1. The third-order valence-corrected chi connectivity index (χ3v) is 4.12. The van der Waals surface area contributed by atoms with Crippen LogP contribution in [0.25, 0.3) is 0 Å². The molecule has 2 rings (SSSR count). The second kappa shape index (κ2) is 10.5. The van der Waals surface area contributed by atoms with Crippen molar-refractivity contribution in [3.63, 3.8) is 0 Å². The Balaban J connectivity index is 2.17. The van der Waals surface area contributed by atoms with Crippen LogP contribution in [0.15, 0.2) is 42.5 Å². The molecule has 0 N–H and O–H groups in total. The second-order valence-corrected chi connectivity index (χ2v) is 6.25. The fraction of sp³-hybridized carbons (Fsp3) is 0.409. The molecule has 26 heavy (non-hydrogen) atoms. The monoisotopic (exact) mass is 356 g/mol. The normalized spacial score (nSPS) is 10.4. The number of methoxy groups -OCH3 is 1. The average molecular weight is 356 g/mol. The minimum absolute atomic E-state index is 0.0342. The maximum atomic E-state index is 11.9. The molecule has 4 heteroatoms. The fourth-order valence-electron chi connectivity index (χ4n) is 2.64. The van der Waals surface area contributed by atoms with Crippen LogP contribution in [0.4, 0.5) is 0 Å². The molecule has 0 aromatic heterocycles. The van der Waals surface area contributed by atoms with E-state index in [0.29, 0.717) is 36.0 Å². The molecule has 0 atom stereocenters. The lowest BCUT2D eigenvalue weighted by Gasteiger charge is -2.16. The minimum Gasteiger partial charge on any atom is -0.490 e. The standard InChI is InChI=1S/C22H28O4/c1-4-5-6-10-13-25-20-14-19(17(2)23)15-21(22(20)24-3)26-16-18-11-8-7-9-12-18/h7-9,11-12,14-15H,4-6,10,13,16H2,1-3H3. The van der Waals surface area contributed by atoms with E-state index in [9.17, 15) is 4.79 Å². The molecule has 4 nitrogen and oxygen atoms in total. The van der Waals surface area contributed by atoms with E-state index in [1.165, 1.54) is 19.8 Å². The number of hydrogen-bond donors (Lipinski definition) is 0. The highest BCUT2D eigenvalue weighted by molar-refractivity contribution is 5.95. The van der Waals surface area contributed by atoms with Gasteiger partial charge < -0.3 is 14.2 Å².